The minimum atomic E-state index is 0.781. The summed E-state index contributed by atoms with van der Waals surface area (Å²) in [4.78, 5) is 0. The van der Waals surface area contributed by atoms with Crippen LogP contribution in [0.5, 0.6) is 0 Å². The molecule has 9 rings (SSSR count). The average molecular weight is 695 g/mol. The van der Waals surface area contributed by atoms with Crippen LogP contribution in [0.3, 0.4) is 0 Å². The molecule has 2 heteroatoms. The van der Waals surface area contributed by atoms with E-state index in [1.165, 1.54) is 0 Å². The monoisotopic (exact) mass is 694 g/mol. The molecule has 2 nitrogen and oxygen atoms in total. The molecule has 54 heavy (non-hydrogen) atoms. The first kappa shape index (κ1) is 33.0. The van der Waals surface area contributed by atoms with Crippen LogP contribution >= 0.6 is 0 Å². The minimum absolute atomic E-state index is 0.781. The molecule has 1 aliphatic rings. The Morgan fingerprint density at radius 3 is 2.11 bits per heavy atom. The zero-order chi connectivity index (χ0) is 36.6. The van der Waals surface area contributed by atoms with E-state index in [2.05, 4.69) is 135 Å². The summed E-state index contributed by atoms with van der Waals surface area (Å²) in [7, 11) is 0. The molecule has 8 aromatic rings. The average Bonchev–Trinajstić information content (AvgIpc) is 3.81. The Morgan fingerprint density at radius 2 is 1.30 bits per heavy atom. The Bertz CT molecular complexity index is 3050. The molecule has 0 amide bonds. The van der Waals surface area contributed by atoms with Gasteiger partial charge in [-0.2, -0.15) is 0 Å². The number of para-hydroxylation sites is 2. The normalized spacial score (nSPS) is 15.1. The molecule has 0 saturated heterocycles. The van der Waals surface area contributed by atoms with Gasteiger partial charge in [0.15, 0.2) is 0 Å². The van der Waals surface area contributed by atoms with Crippen LogP contribution in [0.15, 0.2) is 191 Å². The highest BCUT2D eigenvalue weighted by atomic mass is 16.3. The molecule has 1 aliphatic carbocycles. The zero-order valence-electron chi connectivity index (χ0n) is 30.0. The van der Waals surface area contributed by atoms with Gasteiger partial charge >= 0.3 is 0 Å². The summed E-state index contributed by atoms with van der Waals surface area (Å²) < 4.78 is 12.8. The summed E-state index contributed by atoms with van der Waals surface area (Å²) in [6, 6.07) is 48.3. The summed E-state index contributed by atoms with van der Waals surface area (Å²) in [6.45, 7) is 13.5. The summed E-state index contributed by atoms with van der Waals surface area (Å²) in [5, 5.41) is 7.53. The molecular weight excluding hydrogens is 657 g/mol. The first-order valence-corrected chi connectivity index (χ1v) is 18.4. The summed E-state index contributed by atoms with van der Waals surface area (Å²) in [6.07, 6.45) is 13.1. The molecule has 0 radical (unpaired) electrons. The van der Waals surface area contributed by atoms with Crippen molar-refractivity contribution in [2.75, 3.05) is 0 Å². The number of hydrogen-bond donors (Lipinski definition) is 0. The molecule has 0 spiro atoms. The fourth-order valence-corrected chi connectivity index (χ4v) is 7.55. The number of fused-ring (bicyclic) bond motifs is 5. The predicted octanol–water partition coefficient (Wildman–Crippen LogP) is 10.8. The largest absolute Gasteiger partial charge is 0.456 e. The molecule has 0 atom stereocenters. The Morgan fingerprint density at radius 1 is 0.593 bits per heavy atom. The molecule has 2 heterocycles. The van der Waals surface area contributed by atoms with Crippen LogP contribution in [0.1, 0.15) is 29.5 Å². The third-order valence-corrected chi connectivity index (χ3v) is 10.4. The van der Waals surface area contributed by atoms with E-state index in [0.717, 1.165) is 117 Å². The molecule has 0 N–H and O–H groups in total. The van der Waals surface area contributed by atoms with Gasteiger partial charge in [0.25, 0.3) is 0 Å². The second-order valence-corrected chi connectivity index (χ2v) is 13.8. The van der Waals surface area contributed by atoms with E-state index in [0.29, 0.717) is 0 Å². The molecule has 0 aliphatic heterocycles. The van der Waals surface area contributed by atoms with E-state index in [1.54, 1.807) is 0 Å². The second kappa shape index (κ2) is 13.9. The molecule has 0 bridgehead atoms. The third-order valence-electron chi connectivity index (χ3n) is 10.4. The highest BCUT2D eigenvalue weighted by Crippen LogP contribution is 2.40. The Kier molecular flexibility index (Phi) is 8.49. The number of hydrogen-bond acceptors (Lipinski definition) is 2. The van der Waals surface area contributed by atoms with Gasteiger partial charge in [-0.3, -0.25) is 0 Å². The number of furan rings is 2. The van der Waals surface area contributed by atoms with Gasteiger partial charge in [-0.25, -0.2) is 0 Å². The zero-order valence-corrected chi connectivity index (χ0v) is 30.0. The van der Waals surface area contributed by atoms with Crippen LogP contribution in [0, 0.1) is 0 Å². The molecule has 0 fully saturated rings. The van der Waals surface area contributed by atoms with Gasteiger partial charge in [-0.15, -0.1) is 0 Å². The fourth-order valence-electron chi connectivity index (χ4n) is 7.55. The van der Waals surface area contributed by atoms with Crippen LogP contribution in [0.2, 0.25) is 0 Å². The van der Waals surface area contributed by atoms with E-state index in [4.69, 9.17) is 8.83 Å². The Hall–Kier alpha value is -6.90. The van der Waals surface area contributed by atoms with Crippen molar-refractivity contribution in [2.45, 2.75) is 12.8 Å². The van der Waals surface area contributed by atoms with E-state index < -0.39 is 0 Å². The number of benzene rings is 6. The van der Waals surface area contributed by atoms with Crippen molar-refractivity contribution in [1.29, 1.82) is 0 Å². The lowest BCUT2D eigenvalue weighted by Gasteiger charge is -2.13. The van der Waals surface area contributed by atoms with Gasteiger partial charge in [-0.05, 0) is 109 Å². The molecule has 6 aromatic carbocycles. The quantitative estimate of drug-likeness (QED) is 0.173. The van der Waals surface area contributed by atoms with E-state index >= 15 is 0 Å². The minimum Gasteiger partial charge on any atom is -0.456 e. The fraction of sp³-hybridized carbons (Fsp3) is 0.0385. The first-order chi connectivity index (χ1) is 26.5. The van der Waals surface area contributed by atoms with Gasteiger partial charge in [0.05, 0.1) is 0 Å². The lowest BCUT2D eigenvalue weighted by molar-refractivity contribution is 0.630. The highest BCUT2D eigenvalue weighted by Gasteiger charge is 2.19. The van der Waals surface area contributed by atoms with E-state index in [9.17, 15) is 0 Å². The van der Waals surface area contributed by atoms with Crippen molar-refractivity contribution in [2.24, 2.45) is 0 Å². The molecule has 0 saturated carbocycles. The van der Waals surface area contributed by atoms with Gasteiger partial charge < -0.3 is 8.83 Å². The maximum Gasteiger partial charge on any atom is 0.136 e. The number of rotatable bonds is 6. The molecule has 2 aromatic heterocycles. The van der Waals surface area contributed by atoms with Crippen molar-refractivity contribution in [3.63, 3.8) is 0 Å². The molecule has 258 valence electrons. The second-order valence-electron chi connectivity index (χ2n) is 13.8. The van der Waals surface area contributed by atoms with Crippen molar-refractivity contribution in [1.82, 2.24) is 0 Å². The molecular formula is C52H38O2. The van der Waals surface area contributed by atoms with E-state index in [-0.39, 0.29) is 0 Å². The first-order valence-electron chi connectivity index (χ1n) is 18.4. The van der Waals surface area contributed by atoms with Crippen LogP contribution < -0.4 is 20.9 Å². The SMILES string of the molecule is C=C(/C=c1/ccccc1=C)C1=c2\ccccc2=C(c2ccc(C(=C)c3cc4c(cc3-c3cc5ccccc5o3)oc3ccccc34)cc2)C=CCC\C=C\1. The van der Waals surface area contributed by atoms with Crippen LogP contribution in [0.25, 0.3) is 73.6 Å². The standard InChI is InChI=1S/C52H38O2/c1-34-16-8-9-17-39(34)30-35(2)41-19-6-4-5-7-20-42(44-22-12-11-21-43(41)44)38-28-26-37(27-29-38)36(3)46-32-47-45-23-13-15-25-50(45)54-52(47)33-48(46)51-31-40-18-10-14-24-49(40)53-51/h6-33H,1-5H2/b19-6+,20-7?,39-30-,43-41+,44-42?. The molecule has 0 unspecified atom stereocenters. The Balaban J connectivity index is 1.18. The summed E-state index contributed by atoms with van der Waals surface area (Å²) >= 11 is 0. The van der Waals surface area contributed by atoms with Crippen LogP contribution in [-0.4, -0.2) is 0 Å². The third kappa shape index (κ3) is 6.08. The summed E-state index contributed by atoms with van der Waals surface area (Å²) in [5.74, 6) is 0.781. The highest BCUT2D eigenvalue weighted by molar-refractivity contribution is 6.08. The van der Waals surface area contributed by atoms with Gasteiger partial charge in [0.1, 0.15) is 22.5 Å². The van der Waals surface area contributed by atoms with Crippen molar-refractivity contribution in [3.8, 4) is 11.3 Å². The van der Waals surface area contributed by atoms with Crippen molar-refractivity contribution >= 4 is 62.3 Å². The van der Waals surface area contributed by atoms with Gasteiger partial charge in [-0.1, -0.05) is 153 Å². The van der Waals surface area contributed by atoms with Crippen LogP contribution in [-0.2, 0) is 0 Å². The smallest absolute Gasteiger partial charge is 0.136 e. The van der Waals surface area contributed by atoms with Gasteiger partial charge in [0.2, 0.25) is 0 Å². The Labute approximate surface area is 314 Å². The van der Waals surface area contributed by atoms with E-state index in [1.807, 2.05) is 54.6 Å². The number of allylic oxidation sites excluding steroid dienone is 5. The van der Waals surface area contributed by atoms with Gasteiger partial charge in [0, 0.05) is 21.7 Å². The predicted molar refractivity (Wildman–Crippen MR) is 227 cm³/mol. The maximum absolute atomic E-state index is 6.43. The van der Waals surface area contributed by atoms with Crippen LogP contribution in [0.4, 0.5) is 0 Å². The van der Waals surface area contributed by atoms with Crippen molar-refractivity contribution in [3.05, 3.63) is 220 Å². The topological polar surface area (TPSA) is 26.3 Å². The maximum atomic E-state index is 6.43. The lowest BCUT2D eigenvalue weighted by atomic mass is 9.90. The van der Waals surface area contributed by atoms with Crippen molar-refractivity contribution < 1.29 is 8.83 Å². The summed E-state index contributed by atoms with van der Waals surface area (Å²) in [5.41, 5.74) is 10.8. The lowest BCUT2D eigenvalue weighted by Crippen LogP contribution is -2.29.